The number of hydrogen-bond acceptors (Lipinski definition) is 4. The molecule has 1 aliphatic rings. The number of methoxy groups -OCH3 is 1. The molecule has 0 aliphatic carbocycles. The smallest absolute Gasteiger partial charge is 0.281 e. The van der Waals surface area contributed by atoms with Crippen LogP contribution in [-0.2, 0) is 15.1 Å². The second-order valence-corrected chi connectivity index (χ2v) is 9.48. The van der Waals surface area contributed by atoms with Gasteiger partial charge in [-0.2, -0.15) is 0 Å². The van der Waals surface area contributed by atoms with Gasteiger partial charge >= 0.3 is 0 Å². The van der Waals surface area contributed by atoms with Gasteiger partial charge in [0.25, 0.3) is 5.91 Å². The quantitative estimate of drug-likeness (QED) is 0.493. The molecule has 1 aromatic carbocycles. The maximum absolute atomic E-state index is 13.3. The Bertz CT molecular complexity index is 680. The van der Waals surface area contributed by atoms with Crippen LogP contribution in [0.2, 0.25) is 5.02 Å². The van der Waals surface area contributed by atoms with Gasteiger partial charge in [0.1, 0.15) is 0 Å². The molecule has 1 amide bonds. The van der Waals surface area contributed by atoms with E-state index in [2.05, 4.69) is 0 Å². The van der Waals surface area contributed by atoms with Crippen LogP contribution in [-0.4, -0.2) is 55.3 Å². The van der Waals surface area contributed by atoms with Gasteiger partial charge in [-0.1, -0.05) is 51.4 Å². The van der Waals surface area contributed by atoms with Crippen molar-refractivity contribution in [1.82, 2.24) is 4.90 Å². The van der Waals surface area contributed by atoms with Crippen LogP contribution in [0.4, 0.5) is 0 Å². The fraction of sp³-hybridized carbons (Fsp3) is 0.682. The number of quaternary nitrogens is 1. The Hall–Kier alpha value is -1.18. The summed E-state index contributed by atoms with van der Waals surface area (Å²) >= 11 is 6.00. The predicted octanol–water partition coefficient (Wildman–Crippen LogP) is 2.23. The molecule has 0 aromatic heterocycles. The molecule has 0 bridgehead atoms. The molecule has 0 saturated carbocycles. The van der Waals surface area contributed by atoms with Crippen molar-refractivity contribution >= 4 is 17.5 Å². The van der Waals surface area contributed by atoms with Gasteiger partial charge in [-0.05, 0) is 24.1 Å². The number of halogens is 1. The monoisotopic (exact) mass is 426 g/mol. The van der Waals surface area contributed by atoms with Gasteiger partial charge < -0.3 is 25.0 Å². The first-order valence-electron chi connectivity index (χ1n) is 10.3. The van der Waals surface area contributed by atoms with E-state index in [1.807, 2.05) is 39.8 Å². The molecule has 1 saturated heterocycles. The van der Waals surface area contributed by atoms with Crippen LogP contribution in [0.15, 0.2) is 24.3 Å². The van der Waals surface area contributed by atoms with Crippen LogP contribution < -0.4 is 5.06 Å². The molecular weight excluding hydrogens is 392 g/mol. The highest BCUT2D eigenvalue weighted by Gasteiger charge is 2.50. The highest BCUT2D eigenvalue weighted by Crippen LogP contribution is 2.46. The third-order valence-corrected chi connectivity index (χ3v) is 6.39. The minimum Gasteiger partial charge on any atom is -0.634 e. The minimum atomic E-state index is -1.07. The van der Waals surface area contributed by atoms with E-state index in [1.165, 1.54) is 0 Å². The normalized spacial score (nSPS) is 23.8. The first-order valence-corrected chi connectivity index (χ1v) is 10.7. The average Bonchev–Trinajstić information content (AvgIpc) is 2.64. The molecule has 6 nitrogen and oxygen atoms in total. The van der Waals surface area contributed by atoms with Gasteiger partial charge in [0.15, 0.2) is 6.04 Å². The lowest BCUT2D eigenvalue weighted by Crippen LogP contribution is -3.13. The molecule has 1 heterocycles. The molecule has 0 radical (unpaired) electrons. The molecule has 29 heavy (non-hydrogen) atoms. The van der Waals surface area contributed by atoms with Crippen LogP contribution in [0.5, 0.6) is 0 Å². The van der Waals surface area contributed by atoms with Crippen molar-refractivity contribution in [1.29, 1.82) is 0 Å². The summed E-state index contributed by atoms with van der Waals surface area (Å²) in [5, 5.41) is 24.8. The first kappa shape index (κ1) is 24.1. The summed E-state index contributed by atoms with van der Waals surface area (Å²) in [5.74, 6) is -0.202. The Morgan fingerprint density at radius 3 is 2.48 bits per heavy atom. The zero-order valence-electron chi connectivity index (χ0n) is 18.2. The molecule has 2 rings (SSSR count). The topological polar surface area (TPSA) is 77.3 Å². The van der Waals surface area contributed by atoms with Gasteiger partial charge in [-0.25, -0.2) is 0 Å². The Kier molecular flexibility index (Phi) is 8.10. The summed E-state index contributed by atoms with van der Waals surface area (Å²) < 4.78 is 5.03. The molecule has 2 N–H and O–H groups in total. The molecule has 1 fully saturated rings. The Morgan fingerprint density at radius 2 is 1.97 bits per heavy atom. The SMILES string of the molecule is COCCC[NH+]([O-])[C@@H](C(=O)N1CC[C@](O)(c2ccc(Cl)cc2)C(C)(C)C1)C(C)C. The summed E-state index contributed by atoms with van der Waals surface area (Å²) in [6.45, 7) is 9.41. The molecular formula is C22H35ClN2O4. The predicted molar refractivity (Wildman–Crippen MR) is 115 cm³/mol. The second kappa shape index (κ2) is 9.75. The van der Waals surface area contributed by atoms with Crippen molar-refractivity contribution in [3.8, 4) is 0 Å². The van der Waals surface area contributed by atoms with Crippen LogP contribution >= 0.6 is 11.6 Å². The maximum atomic E-state index is 13.3. The maximum Gasteiger partial charge on any atom is 0.281 e. The van der Waals surface area contributed by atoms with Crippen LogP contribution in [0.3, 0.4) is 0 Å². The van der Waals surface area contributed by atoms with Gasteiger partial charge in [0.05, 0.1) is 18.8 Å². The third-order valence-electron chi connectivity index (χ3n) is 6.13. The molecule has 0 spiro atoms. The number of hydroxylamine groups is 2. The number of aliphatic hydroxyl groups is 1. The van der Waals surface area contributed by atoms with E-state index < -0.39 is 17.1 Å². The van der Waals surface area contributed by atoms with Crippen LogP contribution in [0.1, 0.15) is 46.1 Å². The number of ether oxygens (including phenoxy) is 1. The number of piperidine rings is 1. The van der Waals surface area contributed by atoms with Crippen molar-refractivity contribution in [3.05, 3.63) is 40.1 Å². The molecule has 1 aromatic rings. The number of nitrogens with one attached hydrogen (secondary N) is 1. The van der Waals surface area contributed by atoms with Gasteiger partial charge in [-0.15, -0.1) is 0 Å². The lowest BCUT2D eigenvalue weighted by atomic mass is 9.66. The largest absolute Gasteiger partial charge is 0.634 e. The first-order chi connectivity index (χ1) is 13.5. The van der Waals surface area contributed by atoms with Crippen molar-refractivity contribution in [2.45, 2.75) is 52.2 Å². The van der Waals surface area contributed by atoms with Gasteiger partial charge in [-0.3, -0.25) is 4.79 Å². The standard InChI is InChI=1S/C22H35ClN2O4/c1-16(2)19(25(28)12-6-14-29-5)20(26)24-13-11-22(27,21(3,4)15-24)17-7-9-18(23)10-8-17/h7-10,16,19,25,27H,6,11-15H2,1-5H3/t19-,22+/m1/s1. The van der Waals surface area contributed by atoms with E-state index in [4.69, 9.17) is 16.3 Å². The van der Waals surface area contributed by atoms with Crippen LogP contribution in [0.25, 0.3) is 0 Å². The molecule has 7 heteroatoms. The van der Waals surface area contributed by atoms with E-state index in [-0.39, 0.29) is 16.9 Å². The lowest BCUT2D eigenvalue weighted by Gasteiger charge is -2.51. The second-order valence-electron chi connectivity index (χ2n) is 9.05. The fourth-order valence-electron chi connectivity index (χ4n) is 4.31. The van der Waals surface area contributed by atoms with Crippen LogP contribution in [0, 0.1) is 16.5 Å². The molecule has 164 valence electrons. The highest BCUT2D eigenvalue weighted by molar-refractivity contribution is 6.30. The average molecular weight is 427 g/mol. The number of hydrogen-bond donors (Lipinski definition) is 2. The van der Waals surface area contributed by atoms with Crippen molar-refractivity contribution in [2.24, 2.45) is 11.3 Å². The lowest BCUT2D eigenvalue weighted by molar-refractivity contribution is -0.870. The van der Waals surface area contributed by atoms with E-state index >= 15 is 0 Å². The molecule has 1 aliphatic heterocycles. The minimum absolute atomic E-state index is 0.0293. The number of carbonyl (C=O) groups excluding carboxylic acids is 1. The number of benzene rings is 1. The van der Waals surface area contributed by atoms with E-state index in [9.17, 15) is 15.1 Å². The Labute approximate surface area is 179 Å². The van der Waals surface area contributed by atoms with Crippen molar-refractivity contribution in [2.75, 3.05) is 33.4 Å². The molecule has 3 atom stereocenters. The Morgan fingerprint density at radius 1 is 1.34 bits per heavy atom. The summed E-state index contributed by atoms with van der Waals surface area (Å²) in [6, 6.07) is 6.59. The van der Waals surface area contributed by atoms with E-state index in [0.717, 1.165) is 5.56 Å². The number of nitrogens with zero attached hydrogens (tertiary/aromatic N) is 1. The zero-order chi connectivity index (χ0) is 21.8. The summed E-state index contributed by atoms with van der Waals surface area (Å²) in [5.41, 5.74) is -0.838. The number of carbonyl (C=O) groups is 1. The highest BCUT2D eigenvalue weighted by atomic mass is 35.5. The summed E-state index contributed by atoms with van der Waals surface area (Å²) in [4.78, 5) is 15.0. The van der Waals surface area contributed by atoms with Crippen molar-refractivity contribution in [3.63, 3.8) is 0 Å². The summed E-state index contributed by atoms with van der Waals surface area (Å²) in [7, 11) is 1.60. The fourth-order valence-corrected chi connectivity index (χ4v) is 4.43. The number of rotatable bonds is 8. The third kappa shape index (κ3) is 5.30. The Balaban J connectivity index is 2.16. The number of amides is 1. The van der Waals surface area contributed by atoms with E-state index in [1.54, 1.807) is 24.1 Å². The molecule has 1 unspecified atom stereocenters. The zero-order valence-corrected chi connectivity index (χ0v) is 19.0. The number of likely N-dealkylation sites (tertiary alicyclic amines) is 1. The van der Waals surface area contributed by atoms with Gasteiger partial charge in [0.2, 0.25) is 0 Å². The van der Waals surface area contributed by atoms with Crippen molar-refractivity contribution < 1.29 is 19.7 Å². The van der Waals surface area contributed by atoms with E-state index in [0.29, 0.717) is 44.1 Å². The van der Waals surface area contributed by atoms with Gasteiger partial charge in [0, 0.05) is 43.0 Å². The summed E-state index contributed by atoms with van der Waals surface area (Å²) in [6.07, 6.45) is 1.03.